The van der Waals surface area contributed by atoms with Gasteiger partial charge in [0.15, 0.2) is 17.0 Å². The molecule has 1 aliphatic rings. The highest BCUT2D eigenvalue weighted by atomic mass is 32.2. The maximum absolute atomic E-state index is 12.5. The van der Waals surface area contributed by atoms with Gasteiger partial charge in [-0.15, -0.1) is 0 Å². The summed E-state index contributed by atoms with van der Waals surface area (Å²) in [6, 6.07) is 5.17. The van der Waals surface area contributed by atoms with Crippen LogP contribution in [0.1, 0.15) is 46.8 Å². The lowest BCUT2D eigenvalue weighted by Crippen LogP contribution is -2.34. The minimum absolute atomic E-state index is 0.0944. The number of nitrogens with one attached hydrogen (secondary N) is 4. The van der Waals surface area contributed by atoms with Crippen LogP contribution in [0.4, 0.5) is 16.3 Å². The molecule has 2 atom stereocenters. The van der Waals surface area contributed by atoms with Crippen molar-refractivity contribution < 1.29 is 22.7 Å². The summed E-state index contributed by atoms with van der Waals surface area (Å²) in [5, 5.41) is 8.02. The van der Waals surface area contributed by atoms with Gasteiger partial charge in [0.2, 0.25) is 15.9 Å². The summed E-state index contributed by atoms with van der Waals surface area (Å²) >= 11 is 0. The van der Waals surface area contributed by atoms with E-state index in [2.05, 4.69) is 35.6 Å². The molecule has 200 valence electrons. The molecule has 4 N–H and O–H groups in total. The van der Waals surface area contributed by atoms with Crippen LogP contribution in [0, 0.1) is 0 Å². The van der Waals surface area contributed by atoms with Crippen molar-refractivity contribution in [2.45, 2.75) is 57.8 Å². The van der Waals surface area contributed by atoms with Gasteiger partial charge in [-0.2, -0.15) is 0 Å². The highest BCUT2D eigenvalue weighted by molar-refractivity contribution is 7.89. The zero-order valence-electron chi connectivity index (χ0n) is 21.2. The fourth-order valence-electron chi connectivity index (χ4n) is 3.72. The van der Waals surface area contributed by atoms with Gasteiger partial charge >= 0.3 is 6.03 Å². The van der Waals surface area contributed by atoms with E-state index in [1.165, 1.54) is 36.9 Å². The fraction of sp³-hybridized carbons (Fsp3) is 0.435. The van der Waals surface area contributed by atoms with Gasteiger partial charge in [-0.25, -0.2) is 32.9 Å². The largest absolute Gasteiger partial charge is 0.354 e. The topological polar surface area (TPSA) is 169 Å². The third kappa shape index (κ3) is 6.58. The summed E-state index contributed by atoms with van der Waals surface area (Å²) in [7, 11) is -3.58. The number of carbonyl (C=O) groups is 2. The smallest absolute Gasteiger partial charge is 0.324 e. The quantitative estimate of drug-likeness (QED) is 0.343. The Morgan fingerprint density at radius 1 is 1.03 bits per heavy atom. The Balaban J connectivity index is 0.00000186. The van der Waals surface area contributed by atoms with E-state index in [4.69, 9.17) is 4.74 Å². The van der Waals surface area contributed by atoms with E-state index in [0.29, 0.717) is 36.2 Å². The number of amides is 3. The number of rotatable bonds is 8. The molecule has 2 aromatic heterocycles. The first-order valence-electron chi connectivity index (χ1n) is 12.1. The number of ether oxygens (including phenoxy) is 1. The standard InChI is InChI=1S/C21H26N8O5S.C2H6/c1-3-22-20(30)15-9-10-16(34-15)29-12-25-17-18(23-11-24-19(17)29)28-21(31)27-13-5-7-14(8-6-13)35(32,33)26-4-2;1-2/h5-8,11-12,15-16,26H,3-4,9-10H2,1-2H3,(H,22,30)(H2,23,24,27,28,31);1-2H3. The first-order chi connectivity index (χ1) is 17.8. The Bertz CT molecular complexity index is 1330. The molecule has 13 nitrogen and oxygen atoms in total. The number of anilines is 2. The van der Waals surface area contributed by atoms with Crippen molar-refractivity contribution in [3.63, 3.8) is 0 Å². The molecule has 3 heterocycles. The number of urea groups is 1. The summed E-state index contributed by atoms with van der Waals surface area (Å²) < 4.78 is 34.1. The number of nitrogens with zero attached hydrogens (tertiary/aromatic N) is 4. The number of aromatic nitrogens is 4. The van der Waals surface area contributed by atoms with Crippen LogP contribution in [0.15, 0.2) is 41.8 Å². The van der Waals surface area contributed by atoms with Crippen LogP contribution >= 0.6 is 0 Å². The summed E-state index contributed by atoms with van der Waals surface area (Å²) in [5.74, 6) is 0.0381. The Morgan fingerprint density at radius 3 is 2.43 bits per heavy atom. The molecule has 37 heavy (non-hydrogen) atoms. The van der Waals surface area contributed by atoms with Crippen molar-refractivity contribution in [1.29, 1.82) is 0 Å². The third-order valence-electron chi connectivity index (χ3n) is 5.30. The Hall–Kier alpha value is -3.62. The van der Waals surface area contributed by atoms with Crippen LogP contribution in [0.3, 0.4) is 0 Å². The van der Waals surface area contributed by atoms with Crippen LogP contribution in [-0.4, -0.2) is 59.1 Å². The van der Waals surface area contributed by atoms with Gasteiger partial charge in [-0.3, -0.25) is 14.7 Å². The van der Waals surface area contributed by atoms with Gasteiger partial charge in [0.25, 0.3) is 0 Å². The number of imidazole rings is 1. The molecule has 3 aromatic rings. The highest BCUT2D eigenvalue weighted by Gasteiger charge is 2.32. The molecule has 0 spiro atoms. The number of likely N-dealkylation sites (N-methyl/N-ethyl adjacent to an activating group) is 1. The van der Waals surface area contributed by atoms with Crippen molar-refractivity contribution in [1.82, 2.24) is 29.6 Å². The van der Waals surface area contributed by atoms with Crippen molar-refractivity contribution in [2.24, 2.45) is 0 Å². The molecule has 0 bridgehead atoms. The predicted molar refractivity (Wildman–Crippen MR) is 138 cm³/mol. The van der Waals surface area contributed by atoms with Crippen molar-refractivity contribution in [3.05, 3.63) is 36.9 Å². The summed E-state index contributed by atoms with van der Waals surface area (Å²) in [6.45, 7) is 8.34. The minimum atomic E-state index is -3.58. The van der Waals surface area contributed by atoms with Crippen molar-refractivity contribution in [2.75, 3.05) is 23.7 Å². The molecule has 0 radical (unpaired) electrons. The van der Waals surface area contributed by atoms with Crippen molar-refractivity contribution in [3.8, 4) is 0 Å². The fourth-order valence-corrected chi connectivity index (χ4v) is 4.76. The van der Waals surface area contributed by atoms with Crippen molar-refractivity contribution >= 4 is 44.6 Å². The molecule has 1 aromatic carbocycles. The van der Waals surface area contributed by atoms with E-state index in [-0.39, 0.29) is 23.2 Å². The Labute approximate surface area is 215 Å². The molecule has 14 heteroatoms. The van der Waals surface area contributed by atoms with Crippen LogP contribution in [0.5, 0.6) is 0 Å². The molecule has 1 fully saturated rings. The van der Waals surface area contributed by atoms with Gasteiger partial charge in [-0.1, -0.05) is 20.8 Å². The number of hydrogen-bond donors (Lipinski definition) is 4. The lowest BCUT2D eigenvalue weighted by molar-refractivity contribution is -0.133. The normalized spacial score (nSPS) is 17.1. The molecule has 1 saturated heterocycles. The molecular formula is C23H32N8O5S. The second-order valence-electron chi connectivity index (χ2n) is 7.70. The van der Waals surface area contributed by atoms with Gasteiger partial charge < -0.3 is 15.4 Å². The van der Waals surface area contributed by atoms with Gasteiger partial charge in [0, 0.05) is 18.8 Å². The summed E-state index contributed by atoms with van der Waals surface area (Å²) in [5.41, 5.74) is 1.21. The van der Waals surface area contributed by atoms with E-state index in [9.17, 15) is 18.0 Å². The molecule has 1 aliphatic heterocycles. The summed E-state index contributed by atoms with van der Waals surface area (Å²) in [4.78, 5) is 37.4. The first-order valence-corrected chi connectivity index (χ1v) is 13.6. The molecule has 2 unspecified atom stereocenters. The van der Waals surface area contributed by atoms with E-state index in [1.807, 2.05) is 20.8 Å². The zero-order valence-corrected chi connectivity index (χ0v) is 22.0. The lowest BCUT2D eigenvalue weighted by atomic mass is 10.2. The van der Waals surface area contributed by atoms with Crippen LogP contribution < -0.4 is 20.7 Å². The maximum atomic E-state index is 12.5. The van der Waals surface area contributed by atoms with Gasteiger partial charge in [0.05, 0.1) is 11.2 Å². The summed E-state index contributed by atoms with van der Waals surface area (Å²) in [6.07, 6.45) is 3.07. The first kappa shape index (κ1) is 28.0. The SMILES string of the molecule is CC.CCNC(=O)C1CCC(n2cnc3c(NC(=O)Nc4ccc(S(=O)(=O)NCC)cc4)ncnc32)O1. The van der Waals surface area contributed by atoms with Gasteiger partial charge in [0.1, 0.15) is 18.7 Å². The lowest BCUT2D eigenvalue weighted by Gasteiger charge is -2.15. The van der Waals surface area contributed by atoms with E-state index < -0.39 is 28.4 Å². The number of hydrogen-bond acceptors (Lipinski definition) is 8. The monoisotopic (exact) mass is 532 g/mol. The second kappa shape index (κ2) is 12.6. The average Bonchev–Trinajstić information content (AvgIpc) is 3.54. The van der Waals surface area contributed by atoms with E-state index in [1.54, 1.807) is 11.5 Å². The molecule has 0 saturated carbocycles. The van der Waals surface area contributed by atoms with Gasteiger partial charge in [-0.05, 0) is 44.0 Å². The van der Waals surface area contributed by atoms with Crippen LogP contribution in [0.2, 0.25) is 0 Å². The number of carbonyl (C=O) groups excluding carboxylic acids is 2. The Morgan fingerprint density at radius 2 is 1.76 bits per heavy atom. The third-order valence-corrected chi connectivity index (χ3v) is 6.86. The molecule has 0 aliphatic carbocycles. The highest BCUT2D eigenvalue weighted by Crippen LogP contribution is 2.31. The molecule has 3 amide bonds. The Kier molecular flexibility index (Phi) is 9.49. The number of fused-ring (bicyclic) bond motifs is 1. The zero-order chi connectivity index (χ0) is 27.0. The maximum Gasteiger partial charge on any atom is 0.324 e. The van der Waals surface area contributed by atoms with E-state index in [0.717, 1.165) is 0 Å². The number of benzene rings is 1. The minimum Gasteiger partial charge on any atom is -0.354 e. The number of sulfonamides is 1. The average molecular weight is 533 g/mol. The van der Waals surface area contributed by atoms with Crippen LogP contribution in [0.25, 0.3) is 11.2 Å². The molecule has 4 rings (SSSR count). The molecular weight excluding hydrogens is 500 g/mol. The van der Waals surface area contributed by atoms with Crippen LogP contribution in [-0.2, 0) is 19.6 Å². The second-order valence-corrected chi connectivity index (χ2v) is 9.47. The van der Waals surface area contributed by atoms with E-state index >= 15 is 0 Å². The predicted octanol–water partition coefficient (Wildman–Crippen LogP) is 2.61.